The zero-order chi connectivity index (χ0) is 29.6. The minimum Gasteiger partial charge on any atom is -0.482 e. The van der Waals surface area contributed by atoms with Gasteiger partial charge in [0.15, 0.2) is 12.3 Å². The highest BCUT2D eigenvalue weighted by atomic mass is 16.5. The summed E-state index contributed by atoms with van der Waals surface area (Å²) in [7, 11) is 2.17. The molecular weight excluding hydrogens is 540 g/mol. The third kappa shape index (κ3) is 6.48. The number of benzene rings is 2. The predicted molar refractivity (Wildman–Crippen MR) is 157 cm³/mol. The number of carbonyl (C=O) groups is 3. The third-order valence-corrected chi connectivity index (χ3v) is 7.05. The van der Waals surface area contributed by atoms with Crippen molar-refractivity contribution in [2.45, 2.75) is 13.1 Å². The summed E-state index contributed by atoms with van der Waals surface area (Å²) in [6, 6.07) is 13.7. The molecule has 6 N–H and O–H groups in total. The number of H-pyrrole nitrogens is 1. The molecule has 2 aliphatic heterocycles. The van der Waals surface area contributed by atoms with E-state index in [2.05, 4.69) is 66.7 Å². The van der Waals surface area contributed by atoms with Gasteiger partial charge in [-0.2, -0.15) is 0 Å². The van der Waals surface area contributed by atoms with E-state index in [4.69, 9.17) is 15.6 Å². The van der Waals surface area contributed by atoms with E-state index >= 15 is 0 Å². The molecule has 13 heteroatoms. The van der Waals surface area contributed by atoms with E-state index in [1.165, 1.54) is 17.4 Å². The van der Waals surface area contributed by atoms with E-state index in [0.717, 1.165) is 38.1 Å². The highest BCUT2D eigenvalue weighted by Crippen LogP contribution is 2.28. The summed E-state index contributed by atoms with van der Waals surface area (Å²) >= 11 is 0. The zero-order valence-corrected chi connectivity index (χ0v) is 23.1. The van der Waals surface area contributed by atoms with Crippen LogP contribution in [0.4, 0.5) is 11.4 Å². The van der Waals surface area contributed by atoms with Gasteiger partial charge in [0.2, 0.25) is 0 Å². The van der Waals surface area contributed by atoms with Crippen LogP contribution < -0.4 is 26.0 Å². The van der Waals surface area contributed by atoms with Crippen LogP contribution in [0.25, 0.3) is 11.0 Å². The normalized spacial score (nSPS) is 14.7. The minimum atomic E-state index is -1.15. The smallest absolute Gasteiger partial charge is 0.339 e. The van der Waals surface area contributed by atoms with Crippen molar-refractivity contribution in [2.75, 3.05) is 50.1 Å². The number of fused-ring (bicyclic) bond motifs is 2. The van der Waals surface area contributed by atoms with Crippen molar-refractivity contribution in [1.29, 1.82) is 0 Å². The molecule has 0 spiro atoms. The van der Waals surface area contributed by atoms with E-state index in [0.29, 0.717) is 18.0 Å². The first kappa shape index (κ1) is 28.5. The van der Waals surface area contributed by atoms with Crippen LogP contribution in [0, 0.1) is 0 Å². The molecule has 0 atom stereocenters. The number of anilines is 2. The molecule has 42 heavy (non-hydrogen) atoms. The molecule has 2 amide bonds. The van der Waals surface area contributed by atoms with Crippen molar-refractivity contribution in [3.8, 4) is 5.75 Å². The molecule has 4 aromatic rings. The van der Waals surface area contributed by atoms with Crippen LogP contribution in [-0.2, 0) is 17.9 Å². The molecule has 0 bridgehead atoms. The lowest BCUT2D eigenvalue weighted by molar-refractivity contribution is -0.118. The average Bonchev–Trinajstić information content (AvgIpc) is 3.45. The molecule has 4 heterocycles. The number of carboxylic acid groups (broad SMARTS) is 1. The molecule has 6 rings (SSSR count). The Balaban J connectivity index is 0.000000199. The summed E-state index contributed by atoms with van der Waals surface area (Å²) in [5, 5.41) is 14.6. The number of nitrogens with one attached hydrogen (secondary N) is 3. The maximum atomic E-state index is 12.5. The van der Waals surface area contributed by atoms with Gasteiger partial charge in [0.25, 0.3) is 11.8 Å². The van der Waals surface area contributed by atoms with Crippen LogP contribution >= 0.6 is 0 Å². The van der Waals surface area contributed by atoms with E-state index in [1.807, 2.05) is 0 Å². The first-order valence-corrected chi connectivity index (χ1v) is 13.4. The second-order valence-electron chi connectivity index (χ2n) is 9.97. The Hall–Kier alpha value is -5.01. The fraction of sp³-hybridized carbons (Fsp3) is 0.276. The number of piperazine rings is 1. The zero-order valence-electron chi connectivity index (χ0n) is 23.1. The Morgan fingerprint density at radius 2 is 1.90 bits per heavy atom. The number of nitrogens with zero attached hydrogens (tertiary/aromatic N) is 4. The van der Waals surface area contributed by atoms with Gasteiger partial charge in [-0.15, -0.1) is 0 Å². The van der Waals surface area contributed by atoms with Crippen molar-refractivity contribution >= 4 is 40.2 Å². The van der Waals surface area contributed by atoms with Gasteiger partial charge in [0.1, 0.15) is 23.2 Å². The van der Waals surface area contributed by atoms with Crippen LogP contribution in [0.2, 0.25) is 0 Å². The van der Waals surface area contributed by atoms with Crippen LogP contribution in [0.5, 0.6) is 5.75 Å². The van der Waals surface area contributed by atoms with E-state index in [1.54, 1.807) is 18.2 Å². The topological polar surface area (TPSA) is 179 Å². The summed E-state index contributed by atoms with van der Waals surface area (Å²) in [5.74, 6) is -1.31. The molecule has 0 unspecified atom stereocenters. The second-order valence-corrected chi connectivity index (χ2v) is 9.97. The molecule has 218 valence electrons. The predicted octanol–water partition coefficient (Wildman–Crippen LogP) is 1.81. The van der Waals surface area contributed by atoms with Crippen molar-refractivity contribution in [1.82, 2.24) is 25.2 Å². The Morgan fingerprint density at radius 1 is 1.10 bits per heavy atom. The maximum absolute atomic E-state index is 12.5. The molecule has 13 nitrogen and oxygen atoms in total. The van der Waals surface area contributed by atoms with Gasteiger partial charge in [0, 0.05) is 51.2 Å². The highest BCUT2D eigenvalue weighted by molar-refractivity contribution is 6.08. The first-order valence-electron chi connectivity index (χ1n) is 13.4. The lowest BCUT2D eigenvalue weighted by atomic mass is 10.1. The first-order chi connectivity index (χ1) is 20.3. The van der Waals surface area contributed by atoms with Gasteiger partial charge < -0.3 is 41.0 Å². The van der Waals surface area contributed by atoms with Crippen LogP contribution in [0.15, 0.2) is 55.0 Å². The van der Waals surface area contributed by atoms with E-state index in [-0.39, 0.29) is 41.3 Å². The summed E-state index contributed by atoms with van der Waals surface area (Å²) in [6.45, 7) is 5.30. The van der Waals surface area contributed by atoms with Crippen molar-refractivity contribution in [2.24, 2.45) is 5.73 Å². The molecular formula is C29H32N8O5. The van der Waals surface area contributed by atoms with Crippen LogP contribution in [-0.4, -0.2) is 82.6 Å². The molecule has 0 radical (unpaired) electrons. The number of likely N-dealkylation sites (N-methyl/N-ethyl adjacent to an activating group) is 1. The number of aromatic amines is 1. The number of nitrogens with two attached hydrogens (primary N) is 1. The standard InChI is InChI=1S/C17H13N5O5.C12H19N3/c23-12-6-27-11-2-1-8(3-10(11)22-12)4-19-16(24)15-14-13(20-7-21-15)9(5-18-14)17(25)26;1-14-5-7-15(8-6-14)12-4-2-3-11(9-12)10-13/h1-3,5,7,18H,4,6H2,(H,19,24)(H,22,23)(H,25,26);2-4,9H,5-8,10,13H2,1H3. The molecule has 0 aliphatic carbocycles. The van der Waals surface area contributed by atoms with E-state index in [9.17, 15) is 14.4 Å². The van der Waals surface area contributed by atoms with Gasteiger partial charge in [-0.25, -0.2) is 14.8 Å². The Kier molecular flexibility index (Phi) is 8.60. The number of ether oxygens (including phenoxy) is 1. The number of aromatic nitrogens is 3. The molecule has 0 saturated carbocycles. The molecule has 2 aromatic heterocycles. The molecule has 1 saturated heterocycles. The fourth-order valence-electron chi connectivity index (χ4n) is 4.73. The lowest BCUT2D eigenvalue weighted by Gasteiger charge is -2.34. The summed E-state index contributed by atoms with van der Waals surface area (Å²) in [4.78, 5) is 50.5. The van der Waals surface area contributed by atoms with Crippen LogP contribution in [0.1, 0.15) is 32.0 Å². The Morgan fingerprint density at radius 3 is 2.67 bits per heavy atom. The number of carboxylic acids is 1. The lowest BCUT2D eigenvalue weighted by Crippen LogP contribution is -2.44. The molecule has 2 aromatic carbocycles. The number of amides is 2. The second kappa shape index (κ2) is 12.7. The number of aromatic carboxylic acids is 1. The number of hydrogen-bond donors (Lipinski definition) is 5. The van der Waals surface area contributed by atoms with Crippen molar-refractivity contribution < 1.29 is 24.2 Å². The van der Waals surface area contributed by atoms with Crippen LogP contribution in [0.3, 0.4) is 0 Å². The average molecular weight is 573 g/mol. The Bertz CT molecular complexity index is 1610. The molecule has 1 fully saturated rings. The Labute approximate surface area is 241 Å². The van der Waals surface area contributed by atoms with Gasteiger partial charge in [-0.05, 0) is 42.4 Å². The summed E-state index contributed by atoms with van der Waals surface area (Å²) < 4.78 is 5.29. The monoisotopic (exact) mass is 572 g/mol. The SMILES string of the molecule is CN1CCN(c2cccc(CN)c2)CC1.O=C1COc2ccc(CNC(=O)c3ncnc4c(C(=O)O)c[nH]c34)cc2N1. The fourth-order valence-corrected chi connectivity index (χ4v) is 4.73. The minimum absolute atomic E-state index is 0.0265. The highest BCUT2D eigenvalue weighted by Gasteiger charge is 2.20. The molecule has 2 aliphatic rings. The number of carbonyl (C=O) groups excluding carboxylic acids is 2. The van der Waals surface area contributed by atoms with Crippen molar-refractivity contribution in [3.05, 3.63) is 77.4 Å². The maximum Gasteiger partial charge on any atom is 0.339 e. The third-order valence-electron chi connectivity index (χ3n) is 7.05. The largest absolute Gasteiger partial charge is 0.482 e. The summed E-state index contributed by atoms with van der Waals surface area (Å²) in [6.07, 6.45) is 2.41. The van der Waals surface area contributed by atoms with Gasteiger partial charge in [-0.3, -0.25) is 9.59 Å². The quantitative estimate of drug-likeness (QED) is 0.229. The number of rotatable bonds is 6. The van der Waals surface area contributed by atoms with Gasteiger partial charge in [-0.1, -0.05) is 18.2 Å². The number of hydrogen-bond acceptors (Lipinski definition) is 9. The van der Waals surface area contributed by atoms with E-state index < -0.39 is 11.9 Å². The summed E-state index contributed by atoms with van der Waals surface area (Å²) in [5.41, 5.74) is 9.88. The van der Waals surface area contributed by atoms with Gasteiger partial charge in [0.05, 0.1) is 11.2 Å². The van der Waals surface area contributed by atoms with Gasteiger partial charge >= 0.3 is 5.97 Å². The van der Waals surface area contributed by atoms with Crippen molar-refractivity contribution in [3.63, 3.8) is 0 Å².